The first-order valence-corrected chi connectivity index (χ1v) is 13.4. The normalized spacial score (nSPS) is 13.9. The maximum absolute atomic E-state index is 6.37. The molecule has 0 aliphatic carbocycles. The summed E-state index contributed by atoms with van der Waals surface area (Å²) in [6.07, 6.45) is 4.07. The van der Waals surface area contributed by atoms with Crippen molar-refractivity contribution in [2.75, 3.05) is 9.80 Å². The Balaban J connectivity index is 1.51. The molecular weight excluding hydrogens is 475 g/mol. The zero-order valence-electron chi connectivity index (χ0n) is 21.6. The topological polar surface area (TPSA) is 19.6 Å². The summed E-state index contributed by atoms with van der Waals surface area (Å²) >= 11 is 0. The number of anilines is 5. The van der Waals surface area contributed by atoms with Gasteiger partial charge in [-0.15, -0.1) is 0 Å². The lowest BCUT2D eigenvalue weighted by Gasteiger charge is -2.44. The molecule has 2 aliphatic heterocycles. The molecule has 0 N–H and O–H groups in total. The van der Waals surface area contributed by atoms with E-state index in [9.17, 15) is 0 Å². The molecule has 0 fully saturated rings. The number of furan rings is 1. The number of hydrogen-bond acceptors (Lipinski definition) is 3. The number of hydrogen-bond donors (Lipinski definition) is 0. The lowest BCUT2D eigenvalue weighted by molar-refractivity contribution is 0.669. The molecule has 0 saturated carbocycles. The van der Waals surface area contributed by atoms with Crippen LogP contribution in [0, 0.1) is 0 Å². The van der Waals surface area contributed by atoms with Gasteiger partial charge in [0.15, 0.2) is 0 Å². The molecule has 5 aromatic carbocycles. The third-order valence-corrected chi connectivity index (χ3v) is 8.17. The van der Waals surface area contributed by atoms with Crippen molar-refractivity contribution in [3.63, 3.8) is 0 Å². The van der Waals surface area contributed by atoms with E-state index in [4.69, 9.17) is 4.42 Å². The molecule has 184 valence electrons. The lowest BCUT2D eigenvalue weighted by Crippen LogP contribution is -2.61. The molecule has 0 saturated heterocycles. The van der Waals surface area contributed by atoms with Crippen LogP contribution in [-0.2, 0) is 0 Å². The number of allylic oxidation sites excluding steroid dienone is 2. The minimum atomic E-state index is 0.0830. The number of benzene rings is 5. The van der Waals surface area contributed by atoms with Crippen LogP contribution in [0.2, 0.25) is 0 Å². The molecular formula is C35H25BN2O. The molecule has 0 amide bonds. The van der Waals surface area contributed by atoms with Crippen LogP contribution in [0.5, 0.6) is 0 Å². The first-order chi connectivity index (χ1) is 19.3. The Morgan fingerprint density at radius 1 is 0.692 bits per heavy atom. The fourth-order valence-corrected chi connectivity index (χ4v) is 6.57. The maximum Gasteiger partial charge on any atom is 0.252 e. The number of fused-ring (bicyclic) bond motifs is 7. The minimum Gasteiger partial charge on any atom is -0.456 e. The van der Waals surface area contributed by atoms with E-state index in [-0.39, 0.29) is 6.71 Å². The summed E-state index contributed by atoms with van der Waals surface area (Å²) in [6.45, 7) is 6.34. The average Bonchev–Trinajstić information content (AvgIpc) is 3.35. The lowest BCUT2D eigenvalue weighted by atomic mass is 9.33. The molecule has 0 bridgehead atoms. The van der Waals surface area contributed by atoms with Gasteiger partial charge in [0.25, 0.3) is 6.71 Å². The van der Waals surface area contributed by atoms with Crippen LogP contribution in [0.15, 0.2) is 138 Å². The molecule has 2 aliphatic rings. The van der Waals surface area contributed by atoms with Crippen molar-refractivity contribution in [3.05, 3.63) is 134 Å². The van der Waals surface area contributed by atoms with Crippen molar-refractivity contribution in [2.24, 2.45) is 0 Å². The Morgan fingerprint density at radius 2 is 1.44 bits per heavy atom. The van der Waals surface area contributed by atoms with Gasteiger partial charge in [0.1, 0.15) is 11.2 Å². The van der Waals surface area contributed by atoms with Crippen LogP contribution in [0.4, 0.5) is 28.4 Å². The molecule has 0 spiro atoms. The Labute approximate surface area is 228 Å². The van der Waals surface area contributed by atoms with Gasteiger partial charge in [0.2, 0.25) is 0 Å². The molecule has 0 atom stereocenters. The highest BCUT2D eigenvalue weighted by atomic mass is 16.3. The van der Waals surface area contributed by atoms with Crippen LogP contribution < -0.4 is 26.2 Å². The second-order valence-corrected chi connectivity index (χ2v) is 10.1. The van der Waals surface area contributed by atoms with Crippen LogP contribution >= 0.6 is 0 Å². The highest BCUT2D eigenvalue weighted by molar-refractivity contribution is 7.00. The van der Waals surface area contributed by atoms with Crippen molar-refractivity contribution in [1.29, 1.82) is 0 Å². The molecule has 4 heteroatoms. The van der Waals surface area contributed by atoms with Crippen molar-refractivity contribution in [2.45, 2.75) is 6.92 Å². The third kappa shape index (κ3) is 3.00. The van der Waals surface area contributed by atoms with Crippen LogP contribution in [0.3, 0.4) is 0 Å². The molecule has 3 nitrogen and oxygen atoms in total. The van der Waals surface area contributed by atoms with E-state index in [2.05, 4.69) is 126 Å². The molecule has 8 rings (SSSR count). The molecule has 1 aromatic heterocycles. The smallest absolute Gasteiger partial charge is 0.252 e. The zero-order valence-corrected chi connectivity index (χ0v) is 21.6. The molecule has 3 heterocycles. The number of rotatable bonds is 3. The Bertz CT molecular complexity index is 1970. The largest absolute Gasteiger partial charge is 0.456 e. The zero-order chi connectivity index (χ0) is 26.1. The molecule has 0 unspecified atom stereocenters. The highest BCUT2D eigenvalue weighted by Gasteiger charge is 2.43. The van der Waals surface area contributed by atoms with Crippen LogP contribution in [0.25, 0.3) is 21.9 Å². The predicted molar refractivity (Wildman–Crippen MR) is 166 cm³/mol. The van der Waals surface area contributed by atoms with Gasteiger partial charge < -0.3 is 14.2 Å². The Hall–Kier alpha value is -4.96. The van der Waals surface area contributed by atoms with E-state index in [0.717, 1.165) is 39.0 Å². The molecule has 0 radical (unpaired) electrons. The summed E-state index contributed by atoms with van der Waals surface area (Å²) in [7, 11) is 0. The van der Waals surface area contributed by atoms with Gasteiger partial charge in [-0.3, -0.25) is 0 Å². The fourth-order valence-electron chi connectivity index (χ4n) is 6.57. The van der Waals surface area contributed by atoms with Crippen LogP contribution in [0.1, 0.15) is 6.92 Å². The van der Waals surface area contributed by atoms with Gasteiger partial charge in [-0.2, -0.15) is 0 Å². The van der Waals surface area contributed by atoms with E-state index in [1.807, 2.05) is 18.2 Å². The Morgan fingerprint density at radius 3 is 2.28 bits per heavy atom. The highest BCUT2D eigenvalue weighted by Crippen LogP contribution is 2.43. The first-order valence-electron chi connectivity index (χ1n) is 13.4. The van der Waals surface area contributed by atoms with E-state index < -0.39 is 0 Å². The summed E-state index contributed by atoms with van der Waals surface area (Å²) in [5.74, 6) is 0. The van der Waals surface area contributed by atoms with Gasteiger partial charge in [-0.1, -0.05) is 79.4 Å². The quantitative estimate of drug-likeness (QED) is 0.186. The van der Waals surface area contributed by atoms with Crippen molar-refractivity contribution in [1.82, 2.24) is 0 Å². The fraction of sp³-hybridized carbons (Fsp3) is 0.0286. The van der Waals surface area contributed by atoms with Gasteiger partial charge in [-0.25, -0.2) is 0 Å². The second kappa shape index (κ2) is 8.27. The van der Waals surface area contributed by atoms with E-state index >= 15 is 0 Å². The van der Waals surface area contributed by atoms with Crippen molar-refractivity contribution in [3.8, 4) is 0 Å². The van der Waals surface area contributed by atoms with Gasteiger partial charge in [-0.05, 0) is 65.8 Å². The SMILES string of the molecule is C=C/C(=C\C)N1c2cc3oc4ccccc4c3cc2B2c3ccccc3N(c3ccccc3)c3cccc1c32. The van der Waals surface area contributed by atoms with E-state index in [1.165, 1.54) is 33.5 Å². The van der Waals surface area contributed by atoms with Gasteiger partial charge in [0.05, 0.1) is 0 Å². The molecule has 39 heavy (non-hydrogen) atoms. The summed E-state index contributed by atoms with van der Waals surface area (Å²) in [6, 6.07) is 39.1. The summed E-state index contributed by atoms with van der Waals surface area (Å²) in [5, 5.41) is 2.29. The number of nitrogens with zero attached hydrogens (tertiary/aromatic N) is 2. The third-order valence-electron chi connectivity index (χ3n) is 8.17. The standard InChI is InChI=1S/C35H25BN2O/c1-3-23(4-2)37-30-18-12-19-31-35(30)36(27-16-9-10-17-29(27)38(31)24-13-6-5-7-14-24)28-21-26-25-15-8-11-20-33(25)39-34(26)22-32(28)37/h3-22H,1H2,2H3/b23-4+. The van der Waals surface area contributed by atoms with Gasteiger partial charge in [0, 0.05) is 51.0 Å². The predicted octanol–water partition coefficient (Wildman–Crippen LogP) is 7.43. The van der Waals surface area contributed by atoms with E-state index in [0.29, 0.717) is 0 Å². The summed E-state index contributed by atoms with van der Waals surface area (Å²) in [5.41, 5.74) is 12.6. The molecule has 6 aromatic rings. The monoisotopic (exact) mass is 500 g/mol. The number of para-hydroxylation sites is 3. The average molecular weight is 500 g/mol. The maximum atomic E-state index is 6.37. The summed E-state index contributed by atoms with van der Waals surface area (Å²) < 4.78 is 6.37. The van der Waals surface area contributed by atoms with Crippen LogP contribution in [-0.4, -0.2) is 6.71 Å². The van der Waals surface area contributed by atoms with Gasteiger partial charge >= 0.3 is 0 Å². The minimum absolute atomic E-state index is 0.0830. The van der Waals surface area contributed by atoms with Crippen molar-refractivity contribution < 1.29 is 4.42 Å². The first kappa shape index (κ1) is 22.1. The Kier molecular flexibility index (Phi) is 4.68. The van der Waals surface area contributed by atoms with E-state index in [1.54, 1.807) is 0 Å². The van der Waals surface area contributed by atoms with Crippen molar-refractivity contribution >= 4 is 73.5 Å². The summed E-state index contributed by atoms with van der Waals surface area (Å²) in [4.78, 5) is 4.75. The second-order valence-electron chi connectivity index (χ2n) is 10.1.